The van der Waals surface area contributed by atoms with Gasteiger partial charge in [0, 0.05) is 71.1 Å². The monoisotopic (exact) mass is 456 g/mol. The maximum Gasteiger partial charge on any atom is 0.281 e. The van der Waals surface area contributed by atoms with Gasteiger partial charge in [-0.1, -0.05) is 0 Å². The van der Waals surface area contributed by atoms with Gasteiger partial charge < -0.3 is 15.4 Å². The molecule has 0 aromatic carbocycles. The van der Waals surface area contributed by atoms with E-state index in [0.717, 1.165) is 24.4 Å². The quantitative estimate of drug-likeness (QED) is 0.667. The molecule has 1 aliphatic carbocycles. The molecule has 2 heterocycles. The van der Waals surface area contributed by atoms with Crippen molar-refractivity contribution in [3.63, 3.8) is 0 Å². The summed E-state index contributed by atoms with van der Waals surface area (Å²) in [5.74, 6) is 1.87. The second kappa shape index (κ2) is 10.3. The predicted octanol–water partition coefficient (Wildman–Crippen LogP) is 0.600. The van der Waals surface area contributed by atoms with Crippen LogP contribution in [0.25, 0.3) is 0 Å². The second-order valence-corrected chi connectivity index (χ2v) is 9.25. The van der Waals surface area contributed by atoms with Gasteiger partial charge in [-0.25, -0.2) is 9.97 Å². The molecule has 0 radical (unpaired) electrons. The first-order chi connectivity index (χ1) is 12.3. The third kappa shape index (κ3) is 5.44. The van der Waals surface area contributed by atoms with Crippen molar-refractivity contribution in [2.24, 2.45) is 5.73 Å². The minimum atomic E-state index is -3.37. The second-order valence-electron chi connectivity index (χ2n) is 7.10. The number of nitrogens with two attached hydrogens (primary N) is 1. The van der Waals surface area contributed by atoms with Crippen LogP contribution in [0.5, 0.6) is 0 Å². The topological polar surface area (TPSA) is 105 Å². The molecule has 0 unspecified atom stereocenters. The van der Waals surface area contributed by atoms with Gasteiger partial charge >= 0.3 is 0 Å². The zero-order valence-electron chi connectivity index (χ0n) is 16.4. The molecule has 0 atom stereocenters. The summed E-state index contributed by atoms with van der Waals surface area (Å²) in [6, 6.07) is 2.27. The Labute approximate surface area is 179 Å². The first-order valence-corrected chi connectivity index (χ1v) is 10.3. The molecule has 2 fully saturated rings. The van der Waals surface area contributed by atoms with Crippen LogP contribution in [0.3, 0.4) is 0 Å². The first-order valence-electron chi connectivity index (χ1n) is 8.86. The molecule has 0 bridgehead atoms. The minimum absolute atomic E-state index is 0. The molecule has 12 heteroatoms. The molecule has 0 spiro atoms. The molecular weight excluding hydrogens is 427 g/mol. The number of hydrogen-bond donors (Lipinski definition) is 1. The van der Waals surface area contributed by atoms with E-state index in [4.69, 9.17) is 10.5 Å². The van der Waals surface area contributed by atoms with E-state index < -0.39 is 10.2 Å². The van der Waals surface area contributed by atoms with Crippen LogP contribution in [-0.2, 0) is 21.6 Å². The minimum Gasteiger partial charge on any atom is -0.377 e. The Morgan fingerprint density at radius 3 is 2.29 bits per heavy atom. The number of anilines is 1. The fourth-order valence-electron chi connectivity index (χ4n) is 3.35. The summed E-state index contributed by atoms with van der Waals surface area (Å²) >= 11 is 0. The van der Waals surface area contributed by atoms with E-state index in [9.17, 15) is 8.42 Å². The smallest absolute Gasteiger partial charge is 0.281 e. The summed E-state index contributed by atoms with van der Waals surface area (Å²) in [4.78, 5) is 11.3. The Morgan fingerprint density at radius 2 is 1.79 bits per heavy atom. The third-order valence-electron chi connectivity index (χ3n) is 5.00. The number of halogens is 2. The zero-order chi connectivity index (χ0) is 18.9. The van der Waals surface area contributed by atoms with Crippen molar-refractivity contribution in [1.82, 2.24) is 18.6 Å². The van der Waals surface area contributed by atoms with E-state index in [1.807, 2.05) is 6.07 Å². The van der Waals surface area contributed by atoms with Crippen molar-refractivity contribution < 1.29 is 13.2 Å². The molecule has 0 amide bonds. The Hall–Kier alpha value is -0.750. The van der Waals surface area contributed by atoms with Crippen molar-refractivity contribution in [2.45, 2.75) is 31.4 Å². The molecule has 28 heavy (non-hydrogen) atoms. The first kappa shape index (κ1) is 25.3. The lowest BCUT2D eigenvalue weighted by Gasteiger charge is -2.36. The number of hydrogen-bond acceptors (Lipinski definition) is 7. The van der Waals surface area contributed by atoms with Crippen LogP contribution in [0, 0.1) is 0 Å². The van der Waals surface area contributed by atoms with E-state index in [-0.39, 0.29) is 30.9 Å². The largest absolute Gasteiger partial charge is 0.377 e. The molecule has 1 saturated heterocycles. The Balaban J connectivity index is 0.00000196. The number of aromatic nitrogens is 2. The van der Waals surface area contributed by atoms with Crippen LogP contribution in [-0.4, -0.2) is 80.4 Å². The summed E-state index contributed by atoms with van der Waals surface area (Å²) in [5, 5.41) is 0. The van der Waals surface area contributed by atoms with Crippen molar-refractivity contribution in [1.29, 1.82) is 0 Å². The maximum absolute atomic E-state index is 12.3. The Kier molecular flexibility index (Phi) is 9.33. The summed E-state index contributed by atoms with van der Waals surface area (Å²) in [6.07, 6.45) is 1.88. The van der Waals surface area contributed by atoms with Crippen molar-refractivity contribution in [3.8, 4) is 0 Å². The van der Waals surface area contributed by atoms with Gasteiger partial charge in [-0.3, -0.25) is 0 Å². The average Bonchev–Trinajstić information content (AvgIpc) is 2.59. The third-order valence-corrected chi connectivity index (χ3v) is 6.94. The number of rotatable bonds is 6. The highest BCUT2D eigenvalue weighted by atomic mass is 35.5. The molecule has 162 valence electrons. The van der Waals surface area contributed by atoms with E-state index in [2.05, 4.69) is 14.9 Å². The summed E-state index contributed by atoms with van der Waals surface area (Å²) in [6.45, 7) is 2.43. The Morgan fingerprint density at radius 1 is 1.18 bits per heavy atom. The Bertz CT molecular complexity index is 738. The highest BCUT2D eigenvalue weighted by Crippen LogP contribution is 2.35. The number of ether oxygens (including phenoxy) is 1. The zero-order valence-corrected chi connectivity index (χ0v) is 18.9. The molecule has 1 aliphatic heterocycles. The van der Waals surface area contributed by atoms with Crippen LogP contribution in [0.2, 0.25) is 0 Å². The van der Waals surface area contributed by atoms with Crippen molar-refractivity contribution >= 4 is 40.8 Å². The number of methoxy groups -OCH3 is 1. The van der Waals surface area contributed by atoms with E-state index >= 15 is 0 Å². The predicted molar refractivity (Wildman–Crippen MR) is 114 cm³/mol. The van der Waals surface area contributed by atoms with Gasteiger partial charge in [0.05, 0.1) is 0 Å². The van der Waals surface area contributed by atoms with Gasteiger partial charge in [0.25, 0.3) is 10.2 Å². The fourth-order valence-corrected chi connectivity index (χ4v) is 4.44. The lowest BCUT2D eigenvalue weighted by Crippen LogP contribution is -2.52. The normalized spacial score (nSPS) is 23.0. The van der Waals surface area contributed by atoms with Gasteiger partial charge in [-0.2, -0.15) is 17.0 Å². The van der Waals surface area contributed by atoms with Gasteiger partial charge in [-0.15, -0.1) is 24.8 Å². The van der Waals surface area contributed by atoms with E-state index in [0.29, 0.717) is 44.5 Å². The van der Waals surface area contributed by atoms with Gasteiger partial charge in [0.15, 0.2) is 5.82 Å². The average molecular weight is 457 g/mol. The molecule has 3 rings (SSSR count). The van der Waals surface area contributed by atoms with Gasteiger partial charge in [0.1, 0.15) is 12.4 Å². The molecule has 1 aromatic rings. The standard InChI is InChI=1S/C16H28N6O3S.2ClH/c1-20(2)26(23,24)22-6-4-21(5-7-22)16-10-14(12-8-13(17)9-12)18-15(19-16)11-25-3;;/h10,12-13H,4-9,11,17H2,1-3H3;2*1H. The van der Waals surface area contributed by atoms with Crippen molar-refractivity contribution in [3.05, 3.63) is 17.6 Å². The van der Waals surface area contributed by atoms with Gasteiger partial charge in [-0.05, 0) is 12.8 Å². The van der Waals surface area contributed by atoms with Crippen LogP contribution in [0.1, 0.15) is 30.3 Å². The molecule has 2 N–H and O–H groups in total. The van der Waals surface area contributed by atoms with Crippen LogP contribution >= 0.6 is 24.8 Å². The highest BCUT2D eigenvalue weighted by molar-refractivity contribution is 7.86. The maximum atomic E-state index is 12.3. The fraction of sp³-hybridized carbons (Fsp3) is 0.750. The lowest BCUT2D eigenvalue weighted by atomic mass is 9.78. The molecule has 1 aromatic heterocycles. The molecule has 9 nitrogen and oxygen atoms in total. The molecular formula is C16H30Cl2N6O3S. The number of piperazine rings is 1. The lowest BCUT2D eigenvalue weighted by molar-refractivity contribution is 0.177. The summed E-state index contributed by atoms with van der Waals surface area (Å²) in [5.41, 5.74) is 6.93. The molecule has 2 aliphatic rings. The van der Waals surface area contributed by atoms with Crippen LogP contribution in [0.4, 0.5) is 5.82 Å². The van der Waals surface area contributed by atoms with Gasteiger partial charge in [0.2, 0.25) is 0 Å². The van der Waals surface area contributed by atoms with Crippen molar-refractivity contribution in [2.75, 3.05) is 52.3 Å². The highest BCUT2D eigenvalue weighted by Gasteiger charge is 2.31. The van der Waals surface area contributed by atoms with Crippen LogP contribution in [0.15, 0.2) is 6.07 Å². The van der Waals surface area contributed by atoms with E-state index in [1.165, 1.54) is 8.61 Å². The number of nitrogens with zero attached hydrogens (tertiary/aromatic N) is 5. The van der Waals surface area contributed by atoms with E-state index in [1.54, 1.807) is 21.2 Å². The summed E-state index contributed by atoms with van der Waals surface area (Å²) in [7, 11) is 1.36. The SMILES string of the molecule is COCc1nc(C2CC(N)C2)cc(N2CCN(S(=O)(=O)N(C)C)CC2)n1.Cl.Cl. The molecule has 1 saturated carbocycles. The van der Waals surface area contributed by atoms with Crippen LogP contribution < -0.4 is 10.6 Å². The summed E-state index contributed by atoms with van der Waals surface area (Å²) < 4.78 is 32.5.